The van der Waals surface area contributed by atoms with Gasteiger partial charge in [-0.25, -0.2) is 4.79 Å². The summed E-state index contributed by atoms with van der Waals surface area (Å²) in [5, 5.41) is 0.142. The monoisotopic (exact) mass is 518 g/mol. The second-order valence-electron chi connectivity index (χ2n) is 8.24. The zero-order valence-electron chi connectivity index (χ0n) is 18.5. The average Bonchev–Trinajstić information content (AvgIpc) is 2.88. The van der Waals surface area contributed by atoms with Crippen molar-refractivity contribution >= 4 is 47.8 Å². The van der Waals surface area contributed by atoms with Crippen molar-refractivity contribution < 1.29 is 19.1 Å². The summed E-state index contributed by atoms with van der Waals surface area (Å²) in [6.45, 7) is 1.44. The quantitative estimate of drug-likeness (QED) is 0.455. The molecule has 1 unspecified atom stereocenters. The van der Waals surface area contributed by atoms with E-state index in [0.29, 0.717) is 16.7 Å². The van der Waals surface area contributed by atoms with E-state index >= 15 is 0 Å². The highest BCUT2D eigenvalue weighted by Gasteiger charge is 2.52. The molecule has 3 heterocycles. The molecule has 3 aliphatic heterocycles. The van der Waals surface area contributed by atoms with Crippen molar-refractivity contribution in [2.75, 3.05) is 19.0 Å². The number of ether oxygens (including phenoxy) is 2. The van der Waals surface area contributed by atoms with E-state index in [1.54, 1.807) is 28.4 Å². The lowest BCUT2D eigenvalue weighted by molar-refractivity contribution is -0.152. The fourth-order valence-electron chi connectivity index (χ4n) is 4.31. The van der Waals surface area contributed by atoms with Crippen LogP contribution in [0.3, 0.4) is 0 Å². The Bertz CT molecular complexity index is 1010. The Hall–Kier alpha value is -1.97. The van der Waals surface area contributed by atoms with Crippen LogP contribution in [0.1, 0.15) is 30.1 Å². The first-order valence-corrected chi connectivity index (χ1v) is 13.0. The molecule has 2 fully saturated rings. The molecule has 1 amide bonds. The number of amides is 1. The molecule has 34 heavy (non-hydrogen) atoms. The third kappa shape index (κ3) is 5.02. The zero-order valence-corrected chi connectivity index (χ0v) is 21.0. The molecule has 5 rings (SSSR count). The van der Waals surface area contributed by atoms with Crippen molar-refractivity contribution in [3.8, 4) is 0 Å². The number of carbonyl (C=O) groups is 2. The SMILES string of the molecule is Cl.NC1C(=O)N2C(C(=O)OC(c3ccccc3)c3ccccc3)=C(SC3CCOCC3)CS[C@@H]12. The number of rotatable bonds is 6. The Labute approximate surface area is 214 Å². The van der Waals surface area contributed by atoms with Crippen molar-refractivity contribution in [2.45, 2.75) is 35.6 Å². The van der Waals surface area contributed by atoms with Crippen LogP contribution >= 0.6 is 35.9 Å². The van der Waals surface area contributed by atoms with Crippen LogP contribution in [-0.4, -0.2) is 52.4 Å². The van der Waals surface area contributed by atoms with E-state index in [4.69, 9.17) is 15.2 Å². The molecule has 0 bridgehead atoms. The highest BCUT2D eigenvalue weighted by atomic mass is 35.5. The van der Waals surface area contributed by atoms with E-state index in [9.17, 15) is 9.59 Å². The van der Waals surface area contributed by atoms with Gasteiger partial charge < -0.3 is 15.2 Å². The lowest BCUT2D eigenvalue weighted by Crippen LogP contribution is -2.68. The number of thioether (sulfide) groups is 2. The molecule has 0 aliphatic carbocycles. The summed E-state index contributed by atoms with van der Waals surface area (Å²) >= 11 is 3.30. The normalized spacial score (nSPS) is 22.6. The number of esters is 1. The fourth-order valence-corrected chi connectivity index (χ4v) is 7.05. The molecule has 0 radical (unpaired) electrons. The molecule has 0 saturated carbocycles. The molecular weight excluding hydrogens is 492 g/mol. The molecule has 2 N–H and O–H groups in total. The van der Waals surface area contributed by atoms with E-state index in [1.807, 2.05) is 60.7 Å². The van der Waals surface area contributed by atoms with Gasteiger partial charge in [-0.05, 0) is 24.0 Å². The van der Waals surface area contributed by atoms with Crippen molar-refractivity contribution in [1.82, 2.24) is 4.90 Å². The van der Waals surface area contributed by atoms with Crippen LogP contribution in [0.25, 0.3) is 0 Å². The Kier molecular flexibility index (Phi) is 8.26. The van der Waals surface area contributed by atoms with E-state index in [1.165, 1.54) is 0 Å². The number of fused-ring (bicyclic) bond motifs is 1. The van der Waals surface area contributed by atoms with E-state index in [-0.39, 0.29) is 23.7 Å². The maximum atomic E-state index is 13.7. The molecule has 0 aromatic heterocycles. The van der Waals surface area contributed by atoms with Crippen LogP contribution in [0.2, 0.25) is 0 Å². The summed E-state index contributed by atoms with van der Waals surface area (Å²) in [6.07, 6.45) is 1.28. The van der Waals surface area contributed by atoms with Gasteiger partial charge in [-0.3, -0.25) is 9.69 Å². The van der Waals surface area contributed by atoms with Crippen LogP contribution in [0.5, 0.6) is 0 Å². The summed E-state index contributed by atoms with van der Waals surface area (Å²) < 4.78 is 11.6. The Balaban J connectivity index is 0.00000274. The molecule has 2 aromatic carbocycles. The highest BCUT2D eigenvalue weighted by Crippen LogP contribution is 2.45. The largest absolute Gasteiger partial charge is 0.448 e. The van der Waals surface area contributed by atoms with Gasteiger partial charge in [-0.2, -0.15) is 0 Å². The number of halogens is 1. The minimum atomic E-state index is -0.577. The topological polar surface area (TPSA) is 81.9 Å². The van der Waals surface area contributed by atoms with Crippen molar-refractivity contribution in [3.05, 3.63) is 82.4 Å². The number of nitrogens with zero attached hydrogens (tertiary/aromatic N) is 1. The van der Waals surface area contributed by atoms with Gasteiger partial charge in [0.15, 0.2) is 6.10 Å². The molecule has 180 valence electrons. The van der Waals surface area contributed by atoms with E-state index < -0.39 is 18.1 Å². The van der Waals surface area contributed by atoms with Crippen LogP contribution < -0.4 is 5.73 Å². The first-order valence-electron chi connectivity index (χ1n) is 11.1. The molecule has 2 aromatic rings. The summed E-state index contributed by atoms with van der Waals surface area (Å²) in [7, 11) is 0. The maximum absolute atomic E-state index is 13.7. The summed E-state index contributed by atoms with van der Waals surface area (Å²) in [5.41, 5.74) is 8.16. The van der Waals surface area contributed by atoms with Gasteiger partial charge in [0.05, 0.1) is 0 Å². The van der Waals surface area contributed by atoms with Crippen molar-refractivity contribution in [2.24, 2.45) is 5.73 Å². The molecule has 6 nitrogen and oxygen atoms in total. The molecule has 0 spiro atoms. The molecule has 2 saturated heterocycles. The van der Waals surface area contributed by atoms with Gasteiger partial charge in [-0.15, -0.1) is 35.9 Å². The molecule has 9 heteroatoms. The number of hydrogen-bond acceptors (Lipinski definition) is 7. The Morgan fingerprint density at radius 1 is 1.06 bits per heavy atom. The third-order valence-electron chi connectivity index (χ3n) is 6.07. The smallest absolute Gasteiger partial charge is 0.356 e. The summed E-state index contributed by atoms with van der Waals surface area (Å²) in [5.74, 6) is -0.0522. The van der Waals surface area contributed by atoms with Crippen LogP contribution in [-0.2, 0) is 19.1 Å². The van der Waals surface area contributed by atoms with Gasteiger partial charge >= 0.3 is 5.97 Å². The van der Waals surface area contributed by atoms with Gasteiger partial charge in [0.25, 0.3) is 0 Å². The van der Waals surface area contributed by atoms with E-state index in [2.05, 4.69) is 0 Å². The maximum Gasteiger partial charge on any atom is 0.356 e. The first-order chi connectivity index (χ1) is 16.1. The predicted molar refractivity (Wildman–Crippen MR) is 138 cm³/mol. The number of carbonyl (C=O) groups excluding carboxylic acids is 2. The minimum Gasteiger partial charge on any atom is -0.448 e. The van der Waals surface area contributed by atoms with Crippen LogP contribution in [0.15, 0.2) is 71.3 Å². The first kappa shape index (κ1) is 25.1. The second kappa shape index (κ2) is 11.2. The van der Waals surface area contributed by atoms with Gasteiger partial charge in [0, 0.05) is 29.1 Å². The standard InChI is InChI=1S/C25H26N2O4S2.ClH/c26-20-23(28)27-21(19(15-32-24(20)27)33-18-11-13-30-14-12-18)25(29)31-22(16-7-3-1-4-8-16)17-9-5-2-6-10-17;/h1-10,18,20,22,24H,11-15,26H2;1H/t20?,24-;/m0./s1. The average molecular weight is 519 g/mol. The zero-order chi connectivity index (χ0) is 22.8. The van der Waals surface area contributed by atoms with Crippen molar-refractivity contribution in [3.63, 3.8) is 0 Å². The Morgan fingerprint density at radius 3 is 2.24 bits per heavy atom. The van der Waals surface area contributed by atoms with Crippen molar-refractivity contribution in [1.29, 1.82) is 0 Å². The van der Waals surface area contributed by atoms with Crippen LogP contribution in [0.4, 0.5) is 0 Å². The van der Waals surface area contributed by atoms with Gasteiger partial charge in [0.2, 0.25) is 5.91 Å². The predicted octanol–water partition coefficient (Wildman–Crippen LogP) is 4.11. The number of β-lactam (4-membered cyclic amide) rings is 1. The molecule has 2 atom stereocenters. The highest BCUT2D eigenvalue weighted by molar-refractivity contribution is 8.06. The number of hydrogen-bond donors (Lipinski definition) is 1. The lowest BCUT2D eigenvalue weighted by Gasteiger charge is -2.48. The van der Waals surface area contributed by atoms with Gasteiger partial charge in [-0.1, -0.05) is 60.7 Å². The second-order valence-corrected chi connectivity index (χ2v) is 10.7. The number of benzene rings is 2. The molecular formula is C25H27ClN2O4S2. The van der Waals surface area contributed by atoms with Gasteiger partial charge in [0.1, 0.15) is 17.1 Å². The Morgan fingerprint density at radius 2 is 1.65 bits per heavy atom. The summed E-state index contributed by atoms with van der Waals surface area (Å²) in [6, 6.07) is 18.8. The van der Waals surface area contributed by atoms with Crippen LogP contribution in [0, 0.1) is 0 Å². The van der Waals surface area contributed by atoms with E-state index in [0.717, 1.165) is 42.1 Å². The lowest BCUT2D eigenvalue weighted by atomic mass is 10.0. The molecule has 3 aliphatic rings. The summed E-state index contributed by atoms with van der Waals surface area (Å²) in [4.78, 5) is 28.8. The minimum absolute atomic E-state index is 0. The third-order valence-corrected chi connectivity index (χ3v) is 8.99. The number of nitrogens with two attached hydrogens (primary N) is 1. The fraction of sp³-hybridized carbons (Fsp3) is 0.360.